The van der Waals surface area contributed by atoms with Crippen LogP contribution in [0.5, 0.6) is 0 Å². The smallest absolute Gasteiger partial charge is 0.162 e. The maximum atomic E-state index is 11.9. The average Bonchev–Trinajstić information content (AvgIpc) is 2.48. The van der Waals surface area contributed by atoms with Gasteiger partial charge in [0.1, 0.15) is 0 Å². The topological polar surface area (TPSA) is 26.3 Å². The van der Waals surface area contributed by atoms with Gasteiger partial charge in [-0.05, 0) is 37.5 Å². The summed E-state index contributed by atoms with van der Waals surface area (Å²) in [5.41, 5.74) is 0.813. The zero-order valence-electron chi connectivity index (χ0n) is 12.7. The van der Waals surface area contributed by atoms with Gasteiger partial charge in [-0.25, -0.2) is 0 Å². The van der Waals surface area contributed by atoms with E-state index in [4.69, 9.17) is 4.74 Å². The molecule has 1 saturated carbocycles. The van der Waals surface area contributed by atoms with Crippen LogP contribution in [0.4, 0.5) is 0 Å². The third-order valence-electron chi connectivity index (χ3n) is 4.55. The number of ether oxygens (including phenoxy) is 1. The molecule has 0 heterocycles. The van der Waals surface area contributed by atoms with Crippen LogP contribution in [0.3, 0.4) is 0 Å². The molecule has 1 aromatic rings. The van der Waals surface area contributed by atoms with Crippen LogP contribution in [0.2, 0.25) is 0 Å². The molecule has 1 aromatic carbocycles. The molecule has 2 nitrogen and oxygen atoms in total. The average molecular weight is 274 g/mol. The molecule has 2 heteroatoms. The molecule has 1 fully saturated rings. The van der Waals surface area contributed by atoms with Crippen molar-refractivity contribution >= 4 is 5.78 Å². The number of benzene rings is 1. The molecule has 1 aliphatic carbocycles. The minimum atomic E-state index is 0.222. The van der Waals surface area contributed by atoms with Crippen LogP contribution < -0.4 is 0 Å². The second-order valence-corrected chi connectivity index (χ2v) is 6.15. The van der Waals surface area contributed by atoms with E-state index in [0.29, 0.717) is 19.1 Å². The predicted octanol–water partition coefficient (Wildman–Crippen LogP) is 4.49. The molecule has 3 atom stereocenters. The van der Waals surface area contributed by atoms with Crippen molar-refractivity contribution in [1.82, 2.24) is 0 Å². The monoisotopic (exact) mass is 274 g/mol. The fraction of sp³-hybridized carbons (Fsp3) is 0.611. The first-order valence-corrected chi connectivity index (χ1v) is 7.86. The molecule has 110 valence electrons. The summed E-state index contributed by atoms with van der Waals surface area (Å²) in [7, 11) is 0. The summed E-state index contributed by atoms with van der Waals surface area (Å²) < 4.78 is 5.94. The quantitative estimate of drug-likeness (QED) is 0.564. The van der Waals surface area contributed by atoms with Crippen LogP contribution in [0.25, 0.3) is 0 Å². The highest BCUT2D eigenvalue weighted by Gasteiger charge is 2.24. The summed E-state index contributed by atoms with van der Waals surface area (Å²) in [5.74, 6) is 1.81. The van der Waals surface area contributed by atoms with Crippen LogP contribution in [0.15, 0.2) is 30.3 Å². The van der Waals surface area contributed by atoms with E-state index in [-0.39, 0.29) is 5.78 Å². The first kappa shape index (κ1) is 15.2. The van der Waals surface area contributed by atoms with Crippen molar-refractivity contribution < 1.29 is 9.53 Å². The van der Waals surface area contributed by atoms with Crippen molar-refractivity contribution in [3.05, 3.63) is 35.9 Å². The number of hydrogen-bond donors (Lipinski definition) is 0. The molecular weight excluding hydrogens is 248 g/mol. The molecule has 0 radical (unpaired) electrons. The van der Waals surface area contributed by atoms with Crippen molar-refractivity contribution in [2.24, 2.45) is 11.8 Å². The van der Waals surface area contributed by atoms with Crippen molar-refractivity contribution in [1.29, 1.82) is 0 Å². The number of ketones is 1. The summed E-state index contributed by atoms with van der Waals surface area (Å²) in [6.07, 6.45) is 5.45. The Hall–Kier alpha value is -1.15. The Bertz CT molecular complexity index is 413. The van der Waals surface area contributed by atoms with Crippen molar-refractivity contribution in [2.45, 2.75) is 52.1 Å². The number of carbonyl (C=O) groups excluding carboxylic acids is 1. The number of rotatable bonds is 6. The van der Waals surface area contributed by atoms with E-state index < -0.39 is 0 Å². The Morgan fingerprint density at radius 3 is 2.60 bits per heavy atom. The van der Waals surface area contributed by atoms with Gasteiger partial charge < -0.3 is 4.74 Å². The molecule has 2 rings (SSSR count). The SMILES string of the molecule is CC1CCC(OCCCC(=O)c2ccccc2)CC1C. The van der Waals surface area contributed by atoms with E-state index in [0.717, 1.165) is 23.8 Å². The minimum absolute atomic E-state index is 0.222. The van der Waals surface area contributed by atoms with Crippen LogP contribution in [0, 0.1) is 11.8 Å². The van der Waals surface area contributed by atoms with Gasteiger partial charge in [-0.15, -0.1) is 0 Å². The molecule has 0 N–H and O–H groups in total. The van der Waals surface area contributed by atoms with E-state index >= 15 is 0 Å². The Labute approximate surface area is 122 Å². The highest BCUT2D eigenvalue weighted by Crippen LogP contribution is 2.30. The van der Waals surface area contributed by atoms with E-state index in [1.165, 1.54) is 19.3 Å². The summed E-state index contributed by atoms with van der Waals surface area (Å²) in [5, 5.41) is 0. The van der Waals surface area contributed by atoms with Gasteiger partial charge in [0.25, 0.3) is 0 Å². The number of carbonyl (C=O) groups is 1. The highest BCUT2D eigenvalue weighted by atomic mass is 16.5. The second kappa shape index (κ2) is 7.58. The zero-order chi connectivity index (χ0) is 14.4. The van der Waals surface area contributed by atoms with Crippen molar-refractivity contribution in [2.75, 3.05) is 6.61 Å². The Morgan fingerprint density at radius 1 is 1.15 bits per heavy atom. The molecular formula is C18H26O2. The summed E-state index contributed by atoms with van der Waals surface area (Å²) in [6.45, 7) is 5.36. The van der Waals surface area contributed by atoms with Gasteiger partial charge in [-0.2, -0.15) is 0 Å². The van der Waals surface area contributed by atoms with Gasteiger partial charge in [0.2, 0.25) is 0 Å². The maximum Gasteiger partial charge on any atom is 0.162 e. The lowest BCUT2D eigenvalue weighted by molar-refractivity contribution is 0.00136. The van der Waals surface area contributed by atoms with Crippen LogP contribution >= 0.6 is 0 Å². The summed E-state index contributed by atoms with van der Waals surface area (Å²) >= 11 is 0. The summed E-state index contributed by atoms with van der Waals surface area (Å²) in [4.78, 5) is 11.9. The number of Topliss-reactive ketones (excluding diaryl/α,β-unsaturated/α-hetero) is 1. The summed E-state index contributed by atoms with van der Waals surface area (Å²) in [6, 6.07) is 9.52. The van der Waals surface area contributed by atoms with Gasteiger partial charge in [0, 0.05) is 18.6 Å². The van der Waals surface area contributed by atoms with Gasteiger partial charge in [0.15, 0.2) is 5.78 Å². The van der Waals surface area contributed by atoms with Gasteiger partial charge in [-0.3, -0.25) is 4.79 Å². The van der Waals surface area contributed by atoms with Crippen molar-refractivity contribution in [3.63, 3.8) is 0 Å². The van der Waals surface area contributed by atoms with E-state index in [9.17, 15) is 4.79 Å². The van der Waals surface area contributed by atoms with Crippen LogP contribution in [0.1, 0.15) is 56.3 Å². The second-order valence-electron chi connectivity index (χ2n) is 6.15. The van der Waals surface area contributed by atoms with E-state index in [2.05, 4.69) is 13.8 Å². The lowest BCUT2D eigenvalue weighted by atomic mass is 9.80. The zero-order valence-corrected chi connectivity index (χ0v) is 12.7. The molecule has 20 heavy (non-hydrogen) atoms. The van der Waals surface area contributed by atoms with E-state index in [1.807, 2.05) is 30.3 Å². The molecule has 0 amide bonds. The van der Waals surface area contributed by atoms with E-state index in [1.54, 1.807) is 0 Å². The fourth-order valence-electron chi connectivity index (χ4n) is 2.90. The Morgan fingerprint density at radius 2 is 1.90 bits per heavy atom. The molecule has 0 spiro atoms. The molecule has 0 aromatic heterocycles. The first-order chi connectivity index (χ1) is 9.66. The predicted molar refractivity (Wildman–Crippen MR) is 81.9 cm³/mol. The molecule has 1 aliphatic rings. The van der Waals surface area contributed by atoms with Gasteiger partial charge in [0.05, 0.1) is 6.10 Å². The molecule has 0 bridgehead atoms. The first-order valence-electron chi connectivity index (χ1n) is 7.86. The molecule has 0 saturated heterocycles. The Balaban J connectivity index is 1.63. The Kier molecular flexibility index (Phi) is 5.78. The normalized spacial score (nSPS) is 26.4. The number of hydrogen-bond acceptors (Lipinski definition) is 2. The van der Waals surface area contributed by atoms with Crippen LogP contribution in [-0.4, -0.2) is 18.5 Å². The lowest BCUT2D eigenvalue weighted by Gasteiger charge is -2.31. The molecule has 3 unspecified atom stereocenters. The largest absolute Gasteiger partial charge is 0.378 e. The maximum absolute atomic E-state index is 11.9. The highest BCUT2D eigenvalue weighted by molar-refractivity contribution is 5.95. The fourth-order valence-corrected chi connectivity index (χ4v) is 2.90. The van der Waals surface area contributed by atoms with Gasteiger partial charge >= 0.3 is 0 Å². The lowest BCUT2D eigenvalue weighted by Crippen LogP contribution is -2.27. The third-order valence-corrected chi connectivity index (χ3v) is 4.55. The minimum Gasteiger partial charge on any atom is -0.378 e. The van der Waals surface area contributed by atoms with Gasteiger partial charge in [-0.1, -0.05) is 44.2 Å². The van der Waals surface area contributed by atoms with Crippen molar-refractivity contribution in [3.8, 4) is 0 Å². The third kappa shape index (κ3) is 4.45. The molecule has 0 aliphatic heterocycles. The van der Waals surface area contributed by atoms with Crippen LogP contribution in [-0.2, 0) is 4.74 Å². The standard InChI is InChI=1S/C18H26O2/c1-14-10-11-17(13-15(14)2)20-12-6-9-18(19)16-7-4-3-5-8-16/h3-5,7-8,14-15,17H,6,9-13H2,1-2H3.